The maximum Gasteiger partial charge on any atom is 0.351 e. The molecule has 0 aromatic rings. The predicted octanol–water partition coefficient (Wildman–Crippen LogP) is -0.804. The lowest BCUT2D eigenvalue weighted by Crippen LogP contribution is -2.46. The van der Waals surface area contributed by atoms with Gasteiger partial charge in [0.25, 0.3) is 0 Å². The van der Waals surface area contributed by atoms with E-state index in [9.17, 15) is 19.2 Å². The van der Waals surface area contributed by atoms with Gasteiger partial charge in [-0.3, -0.25) is 9.59 Å². The van der Waals surface area contributed by atoms with Crippen LogP contribution < -0.4 is 0 Å². The zero-order valence-corrected chi connectivity index (χ0v) is 10.4. The minimum atomic E-state index is -1.70. The Bertz CT molecular complexity index is 314. The van der Waals surface area contributed by atoms with Gasteiger partial charge < -0.3 is 18.9 Å². The van der Waals surface area contributed by atoms with E-state index in [-0.39, 0.29) is 0 Å². The molecule has 0 aliphatic heterocycles. The molecule has 0 rings (SSSR count). The number of hydrogen-bond acceptors (Lipinski definition) is 8. The maximum absolute atomic E-state index is 11.4. The molecule has 0 amide bonds. The summed E-state index contributed by atoms with van der Waals surface area (Å²) >= 11 is 0. The molecule has 102 valence electrons. The van der Waals surface area contributed by atoms with Crippen LogP contribution in [0.4, 0.5) is 0 Å². The summed E-state index contributed by atoms with van der Waals surface area (Å²) in [5.41, 5.74) is 0. The van der Waals surface area contributed by atoms with Gasteiger partial charge in [0.1, 0.15) is 0 Å². The average Bonchev–Trinajstić information content (AvgIpc) is 2.30. The molecule has 0 N–H and O–H groups in total. The van der Waals surface area contributed by atoms with Gasteiger partial charge in [0.2, 0.25) is 12.2 Å². The van der Waals surface area contributed by atoms with Crippen molar-refractivity contribution in [2.45, 2.75) is 26.1 Å². The number of carbonyl (C=O) groups excluding carboxylic acids is 4. The molecule has 0 saturated carbocycles. The highest BCUT2D eigenvalue weighted by molar-refractivity contribution is 5.88. The molecule has 2 unspecified atom stereocenters. The molecule has 0 bridgehead atoms. The van der Waals surface area contributed by atoms with Gasteiger partial charge in [-0.15, -0.1) is 0 Å². The average molecular weight is 262 g/mol. The molecule has 0 fully saturated rings. The Hall–Kier alpha value is -2.12. The molecule has 0 aliphatic carbocycles. The number of carbonyl (C=O) groups is 4. The summed E-state index contributed by atoms with van der Waals surface area (Å²) in [7, 11) is 2.06. The zero-order chi connectivity index (χ0) is 14.3. The fraction of sp³-hybridized carbons (Fsp3) is 0.600. The van der Waals surface area contributed by atoms with Crippen molar-refractivity contribution in [2.75, 3.05) is 14.2 Å². The second kappa shape index (κ2) is 7.25. The number of esters is 4. The van der Waals surface area contributed by atoms with Crippen LogP contribution >= 0.6 is 0 Å². The van der Waals surface area contributed by atoms with Crippen LogP contribution in [0.5, 0.6) is 0 Å². The predicted molar refractivity (Wildman–Crippen MR) is 55.1 cm³/mol. The van der Waals surface area contributed by atoms with Gasteiger partial charge in [-0.1, -0.05) is 0 Å². The van der Waals surface area contributed by atoms with E-state index in [0.717, 1.165) is 28.1 Å². The van der Waals surface area contributed by atoms with E-state index >= 15 is 0 Å². The molecule has 0 aliphatic rings. The van der Waals surface area contributed by atoms with Crippen molar-refractivity contribution in [3.05, 3.63) is 0 Å². The van der Waals surface area contributed by atoms with Crippen LogP contribution in [0.25, 0.3) is 0 Å². The first-order valence-corrected chi connectivity index (χ1v) is 4.83. The van der Waals surface area contributed by atoms with Gasteiger partial charge in [-0.2, -0.15) is 0 Å². The number of rotatable bonds is 5. The highest BCUT2D eigenvalue weighted by Crippen LogP contribution is 2.10. The standard InChI is InChI=1S/C10H14O8/c1-5(11)17-7(9(13)15-3)8(10(14)16-4)18-6(2)12/h7-8H,1-4H3. The fourth-order valence-corrected chi connectivity index (χ4v) is 1.06. The molecule has 8 nitrogen and oxygen atoms in total. The van der Waals surface area contributed by atoms with Crippen LogP contribution in [-0.4, -0.2) is 50.3 Å². The lowest BCUT2D eigenvalue weighted by Gasteiger charge is -2.22. The van der Waals surface area contributed by atoms with Gasteiger partial charge in [-0.25, -0.2) is 9.59 Å². The summed E-state index contributed by atoms with van der Waals surface area (Å²) in [5, 5.41) is 0. The van der Waals surface area contributed by atoms with E-state index in [0.29, 0.717) is 0 Å². The topological polar surface area (TPSA) is 105 Å². The maximum atomic E-state index is 11.4. The third kappa shape index (κ3) is 4.81. The second-order valence-corrected chi connectivity index (χ2v) is 3.11. The summed E-state index contributed by atoms with van der Waals surface area (Å²) in [6, 6.07) is 0. The summed E-state index contributed by atoms with van der Waals surface area (Å²) < 4.78 is 17.9. The van der Waals surface area contributed by atoms with Crippen molar-refractivity contribution >= 4 is 23.9 Å². The van der Waals surface area contributed by atoms with Crippen molar-refractivity contribution < 1.29 is 38.1 Å². The Morgan fingerprint density at radius 1 is 0.722 bits per heavy atom. The van der Waals surface area contributed by atoms with Crippen molar-refractivity contribution in [2.24, 2.45) is 0 Å². The minimum Gasteiger partial charge on any atom is -0.466 e. The van der Waals surface area contributed by atoms with Crippen molar-refractivity contribution in [1.29, 1.82) is 0 Å². The molecular formula is C10H14O8. The highest BCUT2D eigenvalue weighted by Gasteiger charge is 2.41. The van der Waals surface area contributed by atoms with Crippen LogP contribution in [0, 0.1) is 0 Å². The SMILES string of the molecule is COC(=O)C(OC(C)=O)C(OC(C)=O)C(=O)OC. The monoisotopic (exact) mass is 262 g/mol. The lowest BCUT2D eigenvalue weighted by molar-refractivity contribution is -0.188. The van der Waals surface area contributed by atoms with Gasteiger partial charge in [0.05, 0.1) is 14.2 Å². The van der Waals surface area contributed by atoms with Crippen LogP contribution in [0.1, 0.15) is 13.8 Å². The van der Waals surface area contributed by atoms with Crippen molar-refractivity contribution in [3.8, 4) is 0 Å². The molecule has 0 saturated heterocycles. The Kier molecular flexibility index (Phi) is 6.40. The summed E-state index contributed by atoms with van der Waals surface area (Å²) in [5.74, 6) is -3.76. The lowest BCUT2D eigenvalue weighted by atomic mass is 10.2. The fourth-order valence-electron chi connectivity index (χ4n) is 1.06. The van der Waals surface area contributed by atoms with E-state index in [1.54, 1.807) is 0 Å². The van der Waals surface area contributed by atoms with E-state index in [4.69, 9.17) is 0 Å². The smallest absolute Gasteiger partial charge is 0.351 e. The minimum absolute atomic E-state index is 0.841. The normalized spacial score (nSPS) is 12.9. The number of hydrogen-bond donors (Lipinski definition) is 0. The first-order valence-electron chi connectivity index (χ1n) is 4.83. The Balaban J connectivity index is 5.17. The van der Waals surface area contributed by atoms with Gasteiger partial charge >= 0.3 is 23.9 Å². The molecular weight excluding hydrogens is 248 g/mol. The van der Waals surface area contributed by atoms with E-state index < -0.39 is 36.1 Å². The van der Waals surface area contributed by atoms with Crippen molar-refractivity contribution in [3.63, 3.8) is 0 Å². The largest absolute Gasteiger partial charge is 0.466 e. The van der Waals surface area contributed by atoms with E-state index in [2.05, 4.69) is 18.9 Å². The summed E-state index contributed by atoms with van der Waals surface area (Å²) in [6.07, 6.45) is -3.41. The van der Waals surface area contributed by atoms with Gasteiger partial charge in [0, 0.05) is 13.8 Å². The Labute approximate surface area is 103 Å². The van der Waals surface area contributed by atoms with E-state index in [1.807, 2.05) is 0 Å². The molecule has 8 heteroatoms. The zero-order valence-electron chi connectivity index (χ0n) is 10.4. The van der Waals surface area contributed by atoms with Crippen molar-refractivity contribution in [1.82, 2.24) is 0 Å². The molecule has 0 spiro atoms. The molecule has 0 radical (unpaired) electrons. The van der Waals surface area contributed by atoms with E-state index in [1.165, 1.54) is 0 Å². The van der Waals surface area contributed by atoms with Crippen LogP contribution in [0.2, 0.25) is 0 Å². The van der Waals surface area contributed by atoms with Crippen LogP contribution in [0.3, 0.4) is 0 Å². The third-order valence-corrected chi connectivity index (χ3v) is 1.73. The number of ether oxygens (including phenoxy) is 4. The summed E-state index contributed by atoms with van der Waals surface area (Å²) in [6.45, 7) is 2.05. The van der Waals surface area contributed by atoms with Crippen LogP contribution in [0.15, 0.2) is 0 Å². The molecule has 0 aromatic heterocycles. The van der Waals surface area contributed by atoms with Gasteiger partial charge in [0.15, 0.2) is 0 Å². The quantitative estimate of drug-likeness (QED) is 0.468. The molecule has 0 aromatic carbocycles. The Morgan fingerprint density at radius 2 is 1.00 bits per heavy atom. The highest BCUT2D eigenvalue weighted by atomic mass is 16.6. The Morgan fingerprint density at radius 3 is 1.17 bits per heavy atom. The molecule has 2 atom stereocenters. The summed E-state index contributed by atoms with van der Waals surface area (Å²) in [4.78, 5) is 44.5. The molecule has 0 heterocycles. The second-order valence-electron chi connectivity index (χ2n) is 3.11. The van der Waals surface area contributed by atoms with Gasteiger partial charge in [-0.05, 0) is 0 Å². The third-order valence-electron chi connectivity index (χ3n) is 1.73. The van der Waals surface area contributed by atoms with Crippen LogP contribution in [-0.2, 0) is 38.1 Å². The number of methoxy groups -OCH3 is 2. The first-order chi connectivity index (χ1) is 8.33. The molecule has 18 heavy (non-hydrogen) atoms. The first kappa shape index (κ1) is 15.9.